The second-order valence-corrected chi connectivity index (χ2v) is 11.5. The molecule has 1 aromatic carbocycles. The number of ether oxygens (including phenoxy) is 3. The fraction of sp³-hybridized carbons (Fsp3) is 0.636. The van der Waals surface area contributed by atoms with Gasteiger partial charge in [0.2, 0.25) is 0 Å². The van der Waals surface area contributed by atoms with Gasteiger partial charge in [-0.2, -0.15) is 0 Å². The number of hydrogen-bond acceptors (Lipinski definition) is 7. The first-order valence-electron chi connectivity index (χ1n) is 15.2. The highest BCUT2D eigenvalue weighted by Crippen LogP contribution is 2.34. The third-order valence-electron chi connectivity index (χ3n) is 7.47. The van der Waals surface area contributed by atoms with E-state index in [1.807, 2.05) is 51.1 Å². The Balaban J connectivity index is 0.000000287. The van der Waals surface area contributed by atoms with Crippen molar-refractivity contribution in [2.24, 2.45) is 11.3 Å². The maximum Gasteiger partial charge on any atom is 0.331 e. The van der Waals surface area contributed by atoms with Crippen LogP contribution in [0.4, 0.5) is 0 Å². The molecule has 0 amide bonds. The average Bonchev–Trinajstić information content (AvgIpc) is 2.96. The van der Waals surface area contributed by atoms with Crippen molar-refractivity contribution in [3.8, 4) is 0 Å². The summed E-state index contributed by atoms with van der Waals surface area (Å²) in [5.41, 5.74) is -0.580. The van der Waals surface area contributed by atoms with Gasteiger partial charge >= 0.3 is 23.9 Å². The van der Waals surface area contributed by atoms with Crippen molar-refractivity contribution in [2.75, 3.05) is 0 Å². The van der Waals surface area contributed by atoms with Crippen LogP contribution in [0.5, 0.6) is 0 Å². The molecule has 0 aromatic heterocycles. The number of aliphatic carboxylic acids is 1. The van der Waals surface area contributed by atoms with Gasteiger partial charge in [-0.15, -0.1) is 0 Å². The van der Waals surface area contributed by atoms with E-state index in [4.69, 9.17) is 14.2 Å². The van der Waals surface area contributed by atoms with Crippen LogP contribution in [0.2, 0.25) is 0 Å². The van der Waals surface area contributed by atoms with Crippen LogP contribution >= 0.6 is 0 Å². The molecule has 3 rings (SSSR count). The molecule has 0 spiro atoms. The van der Waals surface area contributed by atoms with E-state index in [0.29, 0.717) is 19.3 Å². The molecule has 0 aliphatic heterocycles. The van der Waals surface area contributed by atoms with Crippen LogP contribution in [-0.4, -0.2) is 41.2 Å². The second kappa shape index (κ2) is 18.3. The maximum atomic E-state index is 12.4. The zero-order valence-corrected chi connectivity index (χ0v) is 25.0. The Hall–Kier alpha value is -3.16. The van der Waals surface area contributed by atoms with Gasteiger partial charge in [-0.25, -0.2) is 9.59 Å². The van der Waals surface area contributed by atoms with Crippen molar-refractivity contribution < 1.29 is 38.5 Å². The Kier molecular flexibility index (Phi) is 15.2. The summed E-state index contributed by atoms with van der Waals surface area (Å²) in [6, 6.07) is 9.28. The largest absolute Gasteiger partial charge is 0.480 e. The molecule has 2 saturated carbocycles. The zero-order valence-electron chi connectivity index (χ0n) is 25.0. The molecule has 228 valence electrons. The van der Waals surface area contributed by atoms with Crippen LogP contribution in [0.1, 0.15) is 110 Å². The number of carbonyl (C=O) groups excluding carboxylic acids is 3. The summed E-state index contributed by atoms with van der Waals surface area (Å²) in [7, 11) is 0. The summed E-state index contributed by atoms with van der Waals surface area (Å²) < 4.78 is 15.9. The van der Waals surface area contributed by atoms with Gasteiger partial charge in [-0.3, -0.25) is 9.59 Å². The maximum absolute atomic E-state index is 12.4. The standard InChI is InChI=1S/C17H24O4.C16H24O4/c1-4-10-17(15(18)19,11-13(2)3)16(20)21-12-14-8-6-5-7-9-14;17-15(19-13-7-3-1-4-8-13)11-12-16(18)20-14-9-5-2-6-10-14/h5-9,13H,4,10-12H2,1-3H3,(H,18,19);11-14H,1-10H2/b;12-11-. The number of esters is 3. The summed E-state index contributed by atoms with van der Waals surface area (Å²) in [5.74, 6) is -2.47. The molecule has 1 atom stereocenters. The van der Waals surface area contributed by atoms with Crippen LogP contribution in [0.15, 0.2) is 42.5 Å². The molecule has 1 N–H and O–H groups in total. The van der Waals surface area contributed by atoms with Gasteiger partial charge in [0, 0.05) is 12.2 Å². The molecule has 1 aromatic rings. The third-order valence-corrected chi connectivity index (χ3v) is 7.47. The quantitative estimate of drug-likeness (QED) is 0.124. The van der Waals surface area contributed by atoms with Gasteiger partial charge in [0.25, 0.3) is 0 Å². The molecular formula is C33H48O8. The number of benzene rings is 1. The molecule has 2 aliphatic rings. The van der Waals surface area contributed by atoms with Crippen molar-refractivity contribution in [1.82, 2.24) is 0 Å². The minimum Gasteiger partial charge on any atom is -0.480 e. The van der Waals surface area contributed by atoms with Crippen LogP contribution in [0.3, 0.4) is 0 Å². The summed E-state index contributed by atoms with van der Waals surface area (Å²) >= 11 is 0. The molecule has 41 heavy (non-hydrogen) atoms. The minimum atomic E-state index is -1.43. The second-order valence-electron chi connectivity index (χ2n) is 11.5. The Bertz CT molecular complexity index is 940. The van der Waals surface area contributed by atoms with Gasteiger partial charge in [0.05, 0.1) is 0 Å². The highest BCUT2D eigenvalue weighted by molar-refractivity contribution is 5.99. The average molecular weight is 573 g/mol. The smallest absolute Gasteiger partial charge is 0.331 e. The van der Waals surface area contributed by atoms with Gasteiger partial charge < -0.3 is 19.3 Å². The molecule has 0 heterocycles. The van der Waals surface area contributed by atoms with Crippen molar-refractivity contribution in [2.45, 2.75) is 123 Å². The number of carboxylic acid groups (broad SMARTS) is 1. The number of carboxylic acids is 1. The number of rotatable bonds is 12. The molecule has 0 radical (unpaired) electrons. The highest BCUT2D eigenvalue weighted by atomic mass is 16.6. The Morgan fingerprint density at radius 3 is 1.76 bits per heavy atom. The lowest BCUT2D eigenvalue weighted by Gasteiger charge is -2.28. The van der Waals surface area contributed by atoms with E-state index in [1.54, 1.807) is 0 Å². The Labute approximate surface area is 244 Å². The zero-order chi connectivity index (χ0) is 30.1. The van der Waals surface area contributed by atoms with Crippen LogP contribution in [0, 0.1) is 11.3 Å². The predicted octanol–water partition coefficient (Wildman–Crippen LogP) is 6.94. The molecule has 8 nitrogen and oxygen atoms in total. The van der Waals surface area contributed by atoms with E-state index < -0.39 is 29.3 Å². The summed E-state index contributed by atoms with van der Waals surface area (Å²) in [4.78, 5) is 47.3. The first-order valence-corrected chi connectivity index (χ1v) is 15.2. The summed E-state index contributed by atoms with van der Waals surface area (Å²) in [6.45, 7) is 5.81. The monoisotopic (exact) mass is 572 g/mol. The minimum absolute atomic E-state index is 0.0234. The fourth-order valence-corrected chi connectivity index (χ4v) is 5.46. The molecule has 2 fully saturated rings. The van der Waals surface area contributed by atoms with Crippen molar-refractivity contribution in [3.63, 3.8) is 0 Å². The normalized spacial score (nSPS) is 17.7. The molecular weight excluding hydrogens is 524 g/mol. The van der Waals surface area contributed by atoms with E-state index >= 15 is 0 Å². The molecule has 0 bridgehead atoms. The lowest BCUT2D eigenvalue weighted by Crippen LogP contribution is -2.41. The van der Waals surface area contributed by atoms with Crippen LogP contribution < -0.4 is 0 Å². The molecule has 0 saturated heterocycles. The van der Waals surface area contributed by atoms with Crippen molar-refractivity contribution in [3.05, 3.63) is 48.0 Å². The van der Waals surface area contributed by atoms with Crippen LogP contribution in [0.25, 0.3) is 0 Å². The van der Waals surface area contributed by atoms with E-state index in [0.717, 1.165) is 56.9 Å². The van der Waals surface area contributed by atoms with Gasteiger partial charge in [-0.05, 0) is 75.7 Å². The van der Waals surface area contributed by atoms with E-state index in [1.165, 1.54) is 25.0 Å². The van der Waals surface area contributed by atoms with Crippen LogP contribution in [-0.2, 0) is 40.0 Å². The predicted molar refractivity (Wildman–Crippen MR) is 156 cm³/mol. The first-order chi connectivity index (χ1) is 19.7. The van der Waals surface area contributed by atoms with E-state index in [-0.39, 0.29) is 24.7 Å². The fourth-order valence-electron chi connectivity index (χ4n) is 5.46. The van der Waals surface area contributed by atoms with Gasteiger partial charge in [-0.1, -0.05) is 70.4 Å². The summed E-state index contributed by atoms with van der Waals surface area (Å²) in [5, 5.41) is 9.57. The number of carbonyl (C=O) groups is 4. The molecule has 1 unspecified atom stereocenters. The van der Waals surface area contributed by atoms with E-state index in [9.17, 15) is 24.3 Å². The van der Waals surface area contributed by atoms with Gasteiger partial charge in [0.1, 0.15) is 18.8 Å². The summed E-state index contributed by atoms with van der Waals surface area (Å²) in [6.07, 6.45) is 14.3. The molecule has 8 heteroatoms. The van der Waals surface area contributed by atoms with Crippen molar-refractivity contribution in [1.29, 1.82) is 0 Å². The SMILES string of the molecule is CCCC(CC(C)C)(C(=O)O)C(=O)OCc1ccccc1.O=C(/C=C\C(=O)OC1CCCCC1)OC1CCCCC1. The Morgan fingerprint density at radius 2 is 1.34 bits per heavy atom. The van der Waals surface area contributed by atoms with E-state index in [2.05, 4.69) is 0 Å². The molecule has 2 aliphatic carbocycles. The highest BCUT2D eigenvalue weighted by Gasteiger charge is 2.47. The number of hydrogen-bond donors (Lipinski definition) is 1. The third kappa shape index (κ3) is 12.5. The lowest BCUT2D eigenvalue weighted by molar-refractivity contribution is -0.172. The topological polar surface area (TPSA) is 116 Å². The lowest BCUT2D eigenvalue weighted by atomic mass is 9.76. The van der Waals surface area contributed by atoms with Gasteiger partial charge in [0.15, 0.2) is 5.41 Å². The Morgan fingerprint density at radius 1 is 0.854 bits per heavy atom. The first kappa shape index (κ1) is 34.0. The van der Waals surface area contributed by atoms with Crippen molar-refractivity contribution >= 4 is 23.9 Å².